The molecule has 2 aromatic heterocycles. The largest absolute Gasteiger partial charge is 0.404 e. The second-order valence-electron chi connectivity index (χ2n) is 7.72. The summed E-state index contributed by atoms with van der Waals surface area (Å²) in [6.45, 7) is 3.83. The van der Waals surface area contributed by atoms with Gasteiger partial charge in [-0.1, -0.05) is 17.3 Å². The number of nitrogens with zero attached hydrogens (tertiary/aromatic N) is 6. The van der Waals surface area contributed by atoms with Gasteiger partial charge in [0.2, 0.25) is 5.95 Å². The molecule has 10 heteroatoms. The molecule has 10 nitrogen and oxygen atoms in total. The molecular weight excluding hydrogens is 406 g/mol. The number of aromatic nitrogens is 5. The Bertz CT molecular complexity index is 1090. The molecule has 0 aliphatic heterocycles. The molecule has 1 fully saturated rings. The number of hydrogen-bond acceptors (Lipinski definition) is 9. The zero-order valence-corrected chi connectivity index (χ0v) is 18.2. The van der Waals surface area contributed by atoms with Crippen LogP contribution in [0.1, 0.15) is 31.7 Å². The highest BCUT2D eigenvalue weighted by atomic mass is 16.5. The fraction of sp³-hybridized carbons (Fsp3) is 0.409. The Hall–Kier alpha value is -3.37. The maximum absolute atomic E-state index is 6.01. The maximum atomic E-state index is 6.01. The van der Waals surface area contributed by atoms with Gasteiger partial charge in [0.05, 0.1) is 25.0 Å². The molecule has 0 saturated heterocycles. The summed E-state index contributed by atoms with van der Waals surface area (Å²) in [5.74, 6) is 0.563. The molecule has 1 saturated carbocycles. The van der Waals surface area contributed by atoms with E-state index in [0.29, 0.717) is 42.9 Å². The van der Waals surface area contributed by atoms with Crippen LogP contribution < -0.4 is 16.8 Å². The SMILES string of the molecule is CCOCCN=CC(=CN)c1ccc(-n2nnc3cnc(N[C@@H]4CC[C@@H](N)C4)nc32)cc1. The Balaban J connectivity index is 1.50. The fourth-order valence-corrected chi connectivity index (χ4v) is 3.74. The van der Waals surface area contributed by atoms with Gasteiger partial charge < -0.3 is 21.5 Å². The summed E-state index contributed by atoms with van der Waals surface area (Å²) in [6.07, 6.45) is 7.95. The molecule has 1 aliphatic carbocycles. The van der Waals surface area contributed by atoms with Crippen LogP contribution in [0.2, 0.25) is 0 Å². The number of anilines is 1. The van der Waals surface area contributed by atoms with Gasteiger partial charge in [0, 0.05) is 36.7 Å². The zero-order chi connectivity index (χ0) is 22.3. The minimum atomic E-state index is 0.240. The number of benzene rings is 1. The van der Waals surface area contributed by atoms with Crippen LogP contribution in [0.5, 0.6) is 0 Å². The second-order valence-corrected chi connectivity index (χ2v) is 7.72. The van der Waals surface area contributed by atoms with Crippen molar-refractivity contribution in [1.82, 2.24) is 25.0 Å². The van der Waals surface area contributed by atoms with Crippen molar-refractivity contribution in [3.05, 3.63) is 42.2 Å². The van der Waals surface area contributed by atoms with E-state index in [0.717, 1.165) is 36.1 Å². The minimum Gasteiger partial charge on any atom is -0.404 e. The van der Waals surface area contributed by atoms with Gasteiger partial charge in [0.1, 0.15) is 0 Å². The van der Waals surface area contributed by atoms with Crippen LogP contribution in [0.3, 0.4) is 0 Å². The van der Waals surface area contributed by atoms with Crippen molar-refractivity contribution in [2.45, 2.75) is 38.3 Å². The first-order valence-electron chi connectivity index (χ1n) is 10.9. The molecule has 0 radical (unpaired) electrons. The van der Waals surface area contributed by atoms with Gasteiger partial charge in [-0.25, -0.2) is 4.98 Å². The first kappa shape index (κ1) is 21.8. The molecule has 0 spiro atoms. The highest BCUT2D eigenvalue weighted by Crippen LogP contribution is 2.22. The third kappa shape index (κ3) is 5.09. The highest BCUT2D eigenvalue weighted by molar-refractivity contribution is 6.09. The molecule has 2 heterocycles. The van der Waals surface area contributed by atoms with Crippen molar-refractivity contribution in [2.24, 2.45) is 16.5 Å². The van der Waals surface area contributed by atoms with Gasteiger partial charge >= 0.3 is 0 Å². The molecule has 1 aliphatic rings. The number of ether oxygens (including phenoxy) is 1. The van der Waals surface area contributed by atoms with Crippen LogP contribution in [-0.2, 0) is 4.74 Å². The molecule has 4 rings (SSSR count). The van der Waals surface area contributed by atoms with Gasteiger partial charge in [0.15, 0.2) is 11.2 Å². The summed E-state index contributed by atoms with van der Waals surface area (Å²) in [5.41, 5.74) is 15.7. The van der Waals surface area contributed by atoms with Crippen LogP contribution >= 0.6 is 0 Å². The number of fused-ring (bicyclic) bond motifs is 1. The smallest absolute Gasteiger partial charge is 0.225 e. The molecule has 3 aromatic rings. The third-order valence-corrected chi connectivity index (χ3v) is 5.42. The summed E-state index contributed by atoms with van der Waals surface area (Å²) < 4.78 is 7.00. The summed E-state index contributed by atoms with van der Waals surface area (Å²) >= 11 is 0. The number of rotatable bonds is 9. The van der Waals surface area contributed by atoms with Crippen molar-refractivity contribution in [2.75, 3.05) is 25.1 Å². The van der Waals surface area contributed by atoms with E-state index in [-0.39, 0.29) is 6.04 Å². The van der Waals surface area contributed by atoms with Crippen molar-refractivity contribution in [3.63, 3.8) is 0 Å². The number of nitrogens with one attached hydrogen (secondary N) is 1. The van der Waals surface area contributed by atoms with E-state index in [2.05, 4.69) is 30.6 Å². The van der Waals surface area contributed by atoms with Crippen LogP contribution in [0, 0.1) is 0 Å². The van der Waals surface area contributed by atoms with E-state index in [1.54, 1.807) is 23.3 Å². The number of hydrogen-bond donors (Lipinski definition) is 3. The van der Waals surface area contributed by atoms with Gasteiger partial charge in [0.25, 0.3) is 0 Å². The summed E-state index contributed by atoms with van der Waals surface area (Å²) in [7, 11) is 0. The van der Waals surface area contributed by atoms with Crippen LogP contribution in [0.4, 0.5) is 5.95 Å². The van der Waals surface area contributed by atoms with Gasteiger partial charge in [-0.3, -0.25) is 4.99 Å². The summed E-state index contributed by atoms with van der Waals surface area (Å²) in [5, 5.41) is 11.8. The molecule has 0 bridgehead atoms. The molecule has 5 N–H and O–H groups in total. The van der Waals surface area contributed by atoms with Gasteiger partial charge in [-0.05, 0) is 43.9 Å². The van der Waals surface area contributed by atoms with E-state index in [4.69, 9.17) is 16.2 Å². The summed E-state index contributed by atoms with van der Waals surface area (Å²) in [4.78, 5) is 13.4. The molecule has 0 unspecified atom stereocenters. The van der Waals surface area contributed by atoms with Crippen molar-refractivity contribution in [1.29, 1.82) is 0 Å². The Morgan fingerprint density at radius 1 is 1.31 bits per heavy atom. The lowest BCUT2D eigenvalue weighted by Gasteiger charge is -2.12. The Kier molecular flexibility index (Phi) is 7.03. The summed E-state index contributed by atoms with van der Waals surface area (Å²) in [6, 6.07) is 8.37. The Morgan fingerprint density at radius 2 is 2.16 bits per heavy atom. The topological polar surface area (TPSA) is 142 Å². The normalized spacial score (nSPS) is 19.2. The monoisotopic (exact) mass is 435 g/mol. The molecular formula is C22H29N9O. The van der Waals surface area contributed by atoms with Crippen molar-refractivity contribution >= 4 is 28.9 Å². The average molecular weight is 436 g/mol. The van der Waals surface area contributed by atoms with E-state index in [1.165, 1.54) is 0 Å². The zero-order valence-electron chi connectivity index (χ0n) is 18.2. The van der Waals surface area contributed by atoms with E-state index in [1.807, 2.05) is 31.2 Å². The number of aliphatic imine (C=N–C) groups is 1. The molecule has 32 heavy (non-hydrogen) atoms. The number of nitrogens with two attached hydrogens (primary N) is 2. The average Bonchev–Trinajstić information content (AvgIpc) is 3.42. The predicted molar refractivity (Wildman–Crippen MR) is 126 cm³/mol. The van der Waals surface area contributed by atoms with Crippen LogP contribution in [0.15, 0.2) is 41.7 Å². The van der Waals surface area contributed by atoms with Gasteiger partial charge in [-0.2, -0.15) is 9.67 Å². The number of allylic oxidation sites excluding steroid dienone is 1. The third-order valence-electron chi connectivity index (χ3n) is 5.42. The van der Waals surface area contributed by atoms with E-state index in [9.17, 15) is 0 Å². The predicted octanol–water partition coefficient (Wildman–Crippen LogP) is 1.91. The first-order valence-corrected chi connectivity index (χ1v) is 10.9. The standard InChI is InChI=1S/C22H29N9O/c1-2-32-10-9-25-13-16(12-23)15-3-7-19(8-4-15)31-21-20(29-30-31)14-26-22(28-21)27-18-6-5-17(24)11-18/h3-4,7-8,12-14,17-18H,2,5-6,9-11,23-24H2,1H3,(H,26,27,28)/t17-,18-/m1/s1. The lowest BCUT2D eigenvalue weighted by Crippen LogP contribution is -2.21. The molecule has 168 valence electrons. The Labute approximate surface area is 186 Å². The van der Waals surface area contributed by atoms with Crippen LogP contribution in [0.25, 0.3) is 22.4 Å². The molecule has 1 aromatic carbocycles. The molecule has 0 amide bonds. The molecule has 2 atom stereocenters. The first-order chi connectivity index (χ1) is 15.7. The lowest BCUT2D eigenvalue weighted by atomic mass is 10.1. The highest BCUT2D eigenvalue weighted by Gasteiger charge is 2.22. The minimum absolute atomic E-state index is 0.240. The maximum Gasteiger partial charge on any atom is 0.225 e. The van der Waals surface area contributed by atoms with E-state index < -0.39 is 0 Å². The van der Waals surface area contributed by atoms with Gasteiger partial charge in [-0.15, -0.1) is 5.10 Å². The fourth-order valence-electron chi connectivity index (χ4n) is 3.74. The Morgan fingerprint density at radius 3 is 2.88 bits per heavy atom. The van der Waals surface area contributed by atoms with Crippen molar-refractivity contribution in [3.8, 4) is 5.69 Å². The van der Waals surface area contributed by atoms with E-state index >= 15 is 0 Å². The lowest BCUT2D eigenvalue weighted by molar-refractivity contribution is 0.156. The second kappa shape index (κ2) is 10.3. The van der Waals surface area contributed by atoms with Crippen molar-refractivity contribution < 1.29 is 4.74 Å². The van der Waals surface area contributed by atoms with Crippen LogP contribution in [-0.4, -0.2) is 63.0 Å². The quantitative estimate of drug-likeness (QED) is 0.342.